The van der Waals surface area contributed by atoms with Crippen LogP contribution >= 0.6 is 11.3 Å². The minimum Gasteiger partial charge on any atom is -0.378 e. The third-order valence-electron chi connectivity index (χ3n) is 3.17. The van der Waals surface area contributed by atoms with Gasteiger partial charge in [0.15, 0.2) is 0 Å². The van der Waals surface area contributed by atoms with Crippen LogP contribution in [0.15, 0.2) is 48.2 Å². The monoisotopic (exact) mass is 284 g/mol. The van der Waals surface area contributed by atoms with Crippen LogP contribution in [0, 0.1) is 6.92 Å². The number of nitrogens with zero attached hydrogens (tertiary/aromatic N) is 3. The van der Waals surface area contributed by atoms with Gasteiger partial charge in [-0.15, -0.1) is 11.3 Å². The first-order valence-corrected chi connectivity index (χ1v) is 7.38. The summed E-state index contributed by atoms with van der Waals surface area (Å²) < 4.78 is 1.85. The third-order valence-corrected chi connectivity index (χ3v) is 4.29. The lowest BCUT2D eigenvalue weighted by molar-refractivity contribution is 0.872. The zero-order valence-corrected chi connectivity index (χ0v) is 12.3. The summed E-state index contributed by atoms with van der Waals surface area (Å²) in [6, 6.07) is 10.4. The minimum absolute atomic E-state index is 0.246. The second-order valence-electron chi connectivity index (χ2n) is 4.67. The predicted molar refractivity (Wildman–Crippen MR) is 82.5 cm³/mol. The van der Waals surface area contributed by atoms with E-state index in [1.54, 1.807) is 17.5 Å². The van der Waals surface area contributed by atoms with Gasteiger partial charge in [0.2, 0.25) is 0 Å². The topological polar surface area (TPSA) is 42.7 Å². The Hall–Kier alpha value is -2.14. The van der Waals surface area contributed by atoms with Gasteiger partial charge in [-0.25, -0.2) is 9.67 Å². The molecule has 0 bridgehead atoms. The zero-order valence-electron chi connectivity index (χ0n) is 11.4. The van der Waals surface area contributed by atoms with Crippen LogP contribution in [0.3, 0.4) is 0 Å². The molecule has 0 aliphatic carbocycles. The number of nitrogens with one attached hydrogen (secondary N) is 1. The van der Waals surface area contributed by atoms with Crippen LogP contribution in [0.25, 0.3) is 5.69 Å². The van der Waals surface area contributed by atoms with E-state index in [2.05, 4.69) is 34.5 Å². The SMILES string of the molecule is Cc1ncsc1C(C)Nc1cccc(-n2cccn2)c1. The highest BCUT2D eigenvalue weighted by molar-refractivity contribution is 7.09. The van der Waals surface area contributed by atoms with Crippen LogP contribution in [0.4, 0.5) is 5.69 Å². The fourth-order valence-corrected chi connectivity index (χ4v) is 3.01. The summed E-state index contributed by atoms with van der Waals surface area (Å²) in [5.74, 6) is 0. The number of hydrogen-bond acceptors (Lipinski definition) is 4. The molecule has 0 fully saturated rings. The predicted octanol–water partition coefficient (Wildman–Crippen LogP) is 3.81. The first-order valence-electron chi connectivity index (χ1n) is 6.50. The number of aryl methyl sites for hydroxylation is 1. The first-order chi connectivity index (χ1) is 9.74. The van der Waals surface area contributed by atoms with E-state index < -0.39 is 0 Å². The molecule has 4 nitrogen and oxygen atoms in total. The van der Waals surface area contributed by atoms with Gasteiger partial charge in [-0.05, 0) is 38.1 Å². The van der Waals surface area contributed by atoms with Crippen LogP contribution in [0.2, 0.25) is 0 Å². The smallest absolute Gasteiger partial charge is 0.0798 e. The molecule has 1 unspecified atom stereocenters. The molecule has 0 radical (unpaired) electrons. The van der Waals surface area contributed by atoms with Crippen LogP contribution in [-0.2, 0) is 0 Å². The summed E-state index contributed by atoms with van der Waals surface area (Å²) >= 11 is 1.69. The Labute approximate surface area is 122 Å². The maximum atomic E-state index is 4.30. The summed E-state index contributed by atoms with van der Waals surface area (Å²) in [5, 5.41) is 7.77. The van der Waals surface area contributed by atoms with Crippen LogP contribution in [0.1, 0.15) is 23.5 Å². The molecule has 0 saturated heterocycles. The van der Waals surface area contributed by atoms with Crippen molar-refractivity contribution in [1.82, 2.24) is 14.8 Å². The third kappa shape index (κ3) is 2.58. The summed E-state index contributed by atoms with van der Waals surface area (Å²) in [4.78, 5) is 5.57. The largest absolute Gasteiger partial charge is 0.378 e. The van der Waals surface area contributed by atoms with E-state index in [9.17, 15) is 0 Å². The maximum Gasteiger partial charge on any atom is 0.0798 e. The van der Waals surface area contributed by atoms with Gasteiger partial charge in [0.05, 0.1) is 22.9 Å². The quantitative estimate of drug-likeness (QED) is 0.792. The molecule has 1 N–H and O–H groups in total. The molecule has 0 saturated carbocycles. The van der Waals surface area contributed by atoms with Crippen LogP contribution in [0.5, 0.6) is 0 Å². The normalized spacial score (nSPS) is 12.3. The van der Waals surface area contributed by atoms with E-state index in [4.69, 9.17) is 0 Å². The van der Waals surface area contributed by atoms with E-state index in [1.807, 2.05) is 41.5 Å². The average Bonchev–Trinajstić information content (AvgIpc) is 3.09. The minimum atomic E-state index is 0.246. The molecule has 5 heteroatoms. The van der Waals surface area contributed by atoms with Crippen LogP contribution < -0.4 is 5.32 Å². The number of thiazole rings is 1. The van der Waals surface area contributed by atoms with Gasteiger partial charge < -0.3 is 5.32 Å². The van der Waals surface area contributed by atoms with Gasteiger partial charge in [-0.2, -0.15) is 5.10 Å². The molecular formula is C15H16N4S. The van der Waals surface area contributed by atoms with Crippen molar-refractivity contribution < 1.29 is 0 Å². The Morgan fingerprint density at radius 1 is 1.30 bits per heavy atom. The van der Waals surface area contributed by atoms with Gasteiger partial charge >= 0.3 is 0 Å². The molecule has 0 aliphatic rings. The number of anilines is 1. The number of hydrogen-bond donors (Lipinski definition) is 1. The summed E-state index contributed by atoms with van der Waals surface area (Å²) in [7, 11) is 0. The van der Waals surface area contributed by atoms with Crippen LogP contribution in [-0.4, -0.2) is 14.8 Å². The van der Waals surface area contributed by atoms with Gasteiger partial charge in [0, 0.05) is 23.0 Å². The number of rotatable bonds is 4. The Morgan fingerprint density at radius 3 is 2.90 bits per heavy atom. The van der Waals surface area contributed by atoms with Crippen molar-refractivity contribution in [3.05, 3.63) is 58.8 Å². The summed E-state index contributed by atoms with van der Waals surface area (Å²) in [6.07, 6.45) is 3.72. The van der Waals surface area contributed by atoms with Crippen molar-refractivity contribution in [3.8, 4) is 5.69 Å². The number of aromatic nitrogens is 3. The molecule has 1 atom stereocenters. The van der Waals surface area contributed by atoms with E-state index in [0.29, 0.717) is 0 Å². The molecular weight excluding hydrogens is 268 g/mol. The fraction of sp³-hybridized carbons (Fsp3) is 0.200. The highest BCUT2D eigenvalue weighted by atomic mass is 32.1. The Balaban J connectivity index is 1.81. The van der Waals surface area contributed by atoms with Gasteiger partial charge in [-0.1, -0.05) is 6.07 Å². The molecule has 0 aliphatic heterocycles. The van der Waals surface area contributed by atoms with E-state index in [0.717, 1.165) is 17.1 Å². The van der Waals surface area contributed by atoms with Crippen molar-refractivity contribution in [3.63, 3.8) is 0 Å². The highest BCUT2D eigenvalue weighted by Gasteiger charge is 2.11. The lowest BCUT2D eigenvalue weighted by Crippen LogP contribution is -2.07. The average molecular weight is 284 g/mol. The molecule has 102 valence electrons. The molecule has 0 spiro atoms. The van der Waals surface area contributed by atoms with Crippen molar-refractivity contribution in [2.24, 2.45) is 0 Å². The van der Waals surface area contributed by atoms with Crippen molar-refractivity contribution >= 4 is 17.0 Å². The van der Waals surface area contributed by atoms with E-state index in [1.165, 1.54) is 4.88 Å². The lowest BCUT2D eigenvalue weighted by Gasteiger charge is -2.15. The highest BCUT2D eigenvalue weighted by Crippen LogP contribution is 2.25. The maximum absolute atomic E-state index is 4.30. The van der Waals surface area contributed by atoms with Gasteiger partial charge in [0.1, 0.15) is 0 Å². The molecule has 2 aromatic heterocycles. The van der Waals surface area contributed by atoms with Gasteiger partial charge in [0.25, 0.3) is 0 Å². The summed E-state index contributed by atoms with van der Waals surface area (Å²) in [5.41, 5.74) is 5.12. The van der Waals surface area contributed by atoms with Crippen molar-refractivity contribution in [1.29, 1.82) is 0 Å². The number of benzene rings is 1. The first kappa shape index (κ1) is 12.9. The molecule has 20 heavy (non-hydrogen) atoms. The molecule has 1 aromatic carbocycles. The van der Waals surface area contributed by atoms with Crippen molar-refractivity contribution in [2.45, 2.75) is 19.9 Å². The Morgan fingerprint density at radius 2 is 2.20 bits per heavy atom. The fourth-order valence-electron chi connectivity index (χ4n) is 2.20. The summed E-state index contributed by atoms with van der Waals surface area (Å²) in [6.45, 7) is 4.20. The second-order valence-corrected chi connectivity index (χ2v) is 5.56. The van der Waals surface area contributed by atoms with E-state index >= 15 is 0 Å². The van der Waals surface area contributed by atoms with Crippen molar-refractivity contribution in [2.75, 3.05) is 5.32 Å². The van der Waals surface area contributed by atoms with E-state index in [-0.39, 0.29) is 6.04 Å². The molecule has 3 rings (SSSR count). The second kappa shape index (κ2) is 5.46. The molecule has 0 amide bonds. The standard InChI is InChI=1S/C15H16N4S/c1-11-15(20-10-16-11)12(2)18-13-5-3-6-14(9-13)19-8-4-7-17-19/h3-10,12,18H,1-2H3. The lowest BCUT2D eigenvalue weighted by atomic mass is 10.2. The zero-order chi connectivity index (χ0) is 13.9. The Bertz CT molecular complexity index is 687. The molecule has 2 heterocycles. The van der Waals surface area contributed by atoms with Gasteiger partial charge in [-0.3, -0.25) is 0 Å². The Kier molecular flexibility index (Phi) is 3.52. The molecule has 3 aromatic rings.